The van der Waals surface area contributed by atoms with Crippen molar-refractivity contribution < 1.29 is 28.6 Å². The minimum absolute atomic E-state index is 0.0830. The second-order valence-corrected chi connectivity index (χ2v) is 8.61. The van der Waals surface area contributed by atoms with E-state index in [0.717, 1.165) is 16.3 Å². The van der Waals surface area contributed by atoms with Crippen LogP contribution in [-0.2, 0) is 25.7 Å². The first-order valence-corrected chi connectivity index (χ1v) is 9.78. The number of ether oxygens (including phenoxy) is 2. The van der Waals surface area contributed by atoms with Gasteiger partial charge in [-0.3, -0.25) is 9.59 Å². The van der Waals surface area contributed by atoms with Gasteiger partial charge in [0, 0.05) is 12.3 Å². The van der Waals surface area contributed by atoms with E-state index in [9.17, 15) is 19.1 Å². The van der Waals surface area contributed by atoms with Crippen molar-refractivity contribution in [3.8, 4) is 0 Å². The van der Waals surface area contributed by atoms with Crippen molar-refractivity contribution in [3.63, 3.8) is 0 Å². The second-order valence-electron chi connectivity index (χ2n) is 8.61. The third kappa shape index (κ3) is 5.00. The smallest absolute Gasteiger partial charge is 0.311 e. The number of hydrogen-bond donors (Lipinski definition) is 1. The van der Waals surface area contributed by atoms with E-state index in [1.165, 1.54) is 0 Å². The van der Waals surface area contributed by atoms with Crippen LogP contribution in [0.5, 0.6) is 0 Å². The van der Waals surface area contributed by atoms with Gasteiger partial charge in [-0.1, -0.05) is 36.4 Å². The normalized spacial score (nSPS) is 25.2. The van der Waals surface area contributed by atoms with Gasteiger partial charge in [0.15, 0.2) is 12.0 Å². The molecule has 0 heterocycles. The van der Waals surface area contributed by atoms with Gasteiger partial charge in [-0.15, -0.1) is 0 Å². The van der Waals surface area contributed by atoms with Gasteiger partial charge in [0.05, 0.1) is 24.7 Å². The van der Waals surface area contributed by atoms with Crippen LogP contribution in [0.25, 0.3) is 10.8 Å². The van der Waals surface area contributed by atoms with Gasteiger partial charge >= 0.3 is 5.97 Å². The van der Waals surface area contributed by atoms with Crippen LogP contribution < -0.4 is 0 Å². The first kappa shape index (κ1) is 21.4. The number of esters is 1. The summed E-state index contributed by atoms with van der Waals surface area (Å²) in [5.74, 6) is -1.96. The Morgan fingerprint density at radius 1 is 1.17 bits per heavy atom. The van der Waals surface area contributed by atoms with Crippen LogP contribution in [0.15, 0.2) is 42.5 Å². The zero-order chi connectivity index (χ0) is 21.2. The van der Waals surface area contributed by atoms with Crippen molar-refractivity contribution in [2.45, 2.75) is 52.2 Å². The van der Waals surface area contributed by atoms with Crippen LogP contribution in [0.1, 0.15) is 32.8 Å². The maximum Gasteiger partial charge on any atom is 0.311 e. The second kappa shape index (κ2) is 8.59. The van der Waals surface area contributed by atoms with E-state index in [1.807, 2.05) is 42.5 Å². The lowest BCUT2D eigenvalue weighted by Gasteiger charge is -2.36. The SMILES string of the molecule is CC(C)(C)C(=O)OC[C@H]1C(O)CC(=O)[C@H](F)[C@@H]1OCc1ccc2ccccc2c1. The molecule has 2 aromatic rings. The van der Waals surface area contributed by atoms with Gasteiger partial charge in [-0.2, -0.15) is 0 Å². The van der Waals surface area contributed by atoms with Gasteiger partial charge in [0.25, 0.3) is 0 Å². The molecule has 1 unspecified atom stereocenters. The van der Waals surface area contributed by atoms with E-state index in [-0.39, 0.29) is 19.6 Å². The zero-order valence-electron chi connectivity index (χ0n) is 16.9. The molecule has 0 amide bonds. The van der Waals surface area contributed by atoms with E-state index in [1.54, 1.807) is 20.8 Å². The van der Waals surface area contributed by atoms with Crippen LogP contribution in [0.2, 0.25) is 0 Å². The largest absolute Gasteiger partial charge is 0.465 e. The fourth-order valence-electron chi connectivity index (χ4n) is 3.41. The summed E-state index contributed by atoms with van der Waals surface area (Å²) in [5.41, 5.74) is 0.111. The molecule has 6 heteroatoms. The third-order valence-electron chi connectivity index (χ3n) is 5.20. The number of hydrogen-bond acceptors (Lipinski definition) is 5. The summed E-state index contributed by atoms with van der Waals surface area (Å²) in [6.07, 6.45) is -4.47. The van der Waals surface area contributed by atoms with E-state index in [0.29, 0.717) is 0 Å². The maximum atomic E-state index is 14.7. The molecule has 1 N–H and O–H groups in total. The van der Waals surface area contributed by atoms with E-state index < -0.39 is 41.5 Å². The molecule has 4 atom stereocenters. The Kier molecular flexibility index (Phi) is 6.34. The molecule has 1 aliphatic carbocycles. The lowest BCUT2D eigenvalue weighted by atomic mass is 9.82. The molecule has 0 bridgehead atoms. The van der Waals surface area contributed by atoms with Crippen molar-refractivity contribution in [1.82, 2.24) is 0 Å². The highest BCUT2D eigenvalue weighted by Crippen LogP contribution is 2.30. The van der Waals surface area contributed by atoms with Crippen LogP contribution in [0.3, 0.4) is 0 Å². The minimum Gasteiger partial charge on any atom is -0.465 e. The molecule has 1 saturated carbocycles. The van der Waals surface area contributed by atoms with Gasteiger partial charge < -0.3 is 14.6 Å². The van der Waals surface area contributed by atoms with Gasteiger partial charge in [0.2, 0.25) is 0 Å². The number of ketones is 1. The standard InChI is InChI=1S/C23H27FO5/c1-23(2,3)22(27)29-13-17-18(25)11-19(26)20(24)21(17)28-12-14-8-9-15-6-4-5-7-16(15)10-14/h4-10,17-18,20-21,25H,11-13H2,1-3H3/t17-,18?,20-,21+/m0/s1. The first-order valence-electron chi connectivity index (χ1n) is 9.78. The highest BCUT2D eigenvalue weighted by Gasteiger charge is 2.45. The summed E-state index contributed by atoms with van der Waals surface area (Å²) < 4.78 is 25.7. The highest BCUT2D eigenvalue weighted by molar-refractivity contribution is 5.85. The minimum atomic E-state index is -1.86. The molecular formula is C23H27FO5. The molecule has 3 rings (SSSR count). The molecule has 29 heavy (non-hydrogen) atoms. The number of aliphatic hydroxyl groups excluding tert-OH is 1. The number of fused-ring (bicyclic) bond motifs is 1. The fourth-order valence-corrected chi connectivity index (χ4v) is 3.41. The zero-order valence-corrected chi connectivity index (χ0v) is 16.9. The van der Waals surface area contributed by atoms with Crippen LogP contribution in [0, 0.1) is 11.3 Å². The van der Waals surface area contributed by atoms with E-state index in [4.69, 9.17) is 9.47 Å². The number of rotatable bonds is 5. The molecule has 1 fully saturated rings. The molecule has 156 valence electrons. The average molecular weight is 402 g/mol. The Morgan fingerprint density at radius 3 is 2.55 bits per heavy atom. The number of benzene rings is 2. The number of carbonyl (C=O) groups is 2. The summed E-state index contributed by atoms with van der Waals surface area (Å²) in [5, 5.41) is 12.4. The van der Waals surface area contributed by atoms with E-state index >= 15 is 0 Å². The first-order chi connectivity index (χ1) is 13.7. The van der Waals surface area contributed by atoms with Crippen molar-refractivity contribution in [1.29, 1.82) is 0 Å². The number of halogens is 1. The lowest BCUT2D eigenvalue weighted by molar-refractivity contribution is -0.169. The molecule has 0 aromatic heterocycles. The predicted molar refractivity (Wildman–Crippen MR) is 107 cm³/mol. The maximum absolute atomic E-state index is 14.7. The summed E-state index contributed by atoms with van der Waals surface area (Å²) >= 11 is 0. The van der Waals surface area contributed by atoms with Crippen LogP contribution >= 0.6 is 0 Å². The number of carbonyl (C=O) groups excluding carboxylic acids is 2. The summed E-state index contributed by atoms with van der Waals surface area (Å²) in [4.78, 5) is 24.0. The van der Waals surface area contributed by atoms with Gasteiger partial charge in [0.1, 0.15) is 6.10 Å². The van der Waals surface area contributed by atoms with Gasteiger partial charge in [-0.05, 0) is 43.2 Å². The number of alkyl halides is 1. The Labute approximate surface area is 169 Å². The molecule has 5 nitrogen and oxygen atoms in total. The molecule has 1 aliphatic rings. The monoisotopic (exact) mass is 402 g/mol. The Bertz CT molecular complexity index is 888. The predicted octanol–water partition coefficient (Wildman–Crippen LogP) is 3.60. The number of aliphatic hydroxyl groups is 1. The summed E-state index contributed by atoms with van der Waals surface area (Å²) in [6.45, 7) is 5.01. The Morgan fingerprint density at radius 2 is 1.86 bits per heavy atom. The Hall–Kier alpha value is -2.31. The van der Waals surface area contributed by atoms with Crippen LogP contribution in [-0.4, -0.2) is 41.8 Å². The Balaban J connectivity index is 1.72. The third-order valence-corrected chi connectivity index (χ3v) is 5.20. The fraction of sp³-hybridized carbons (Fsp3) is 0.478. The highest BCUT2D eigenvalue weighted by atomic mass is 19.1. The quantitative estimate of drug-likeness (QED) is 0.774. The van der Waals surface area contributed by atoms with Crippen molar-refractivity contribution in [3.05, 3.63) is 48.0 Å². The molecule has 0 radical (unpaired) electrons. The number of Topliss-reactive ketones (excluding diaryl/α,β-unsaturated/α-hetero) is 1. The van der Waals surface area contributed by atoms with Crippen LogP contribution in [0.4, 0.5) is 4.39 Å². The summed E-state index contributed by atoms with van der Waals surface area (Å²) in [7, 11) is 0. The molecule has 0 spiro atoms. The molecule has 2 aromatic carbocycles. The molecule has 0 aliphatic heterocycles. The molecule has 0 saturated heterocycles. The summed E-state index contributed by atoms with van der Waals surface area (Å²) in [6, 6.07) is 13.6. The molecular weight excluding hydrogens is 375 g/mol. The van der Waals surface area contributed by atoms with E-state index in [2.05, 4.69) is 0 Å². The van der Waals surface area contributed by atoms with Crippen molar-refractivity contribution in [2.24, 2.45) is 11.3 Å². The topological polar surface area (TPSA) is 72.8 Å². The van der Waals surface area contributed by atoms with Crippen molar-refractivity contribution >= 4 is 22.5 Å². The average Bonchev–Trinajstić information content (AvgIpc) is 2.67. The van der Waals surface area contributed by atoms with Gasteiger partial charge in [-0.25, -0.2) is 4.39 Å². The van der Waals surface area contributed by atoms with Crippen molar-refractivity contribution in [2.75, 3.05) is 6.61 Å². The lowest BCUT2D eigenvalue weighted by Crippen LogP contribution is -2.52.